The predicted molar refractivity (Wildman–Crippen MR) is 82.8 cm³/mol. The van der Waals surface area contributed by atoms with Crippen molar-refractivity contribution in [3.05, 3.63) is 53.4 Å². The molecule has 0 spiro atoms. The molecule has 120 valence electrons. The predicted octanol–water partition coefficient (Wildman–Crippen LogP) is 1.03. The molecule has 2 rings (SSSR count). The molecular weight excluding hydrogens is 297 g/mol. The van der Waals surface area contributed by atoms with Crippen LogP contribution >= 0.6 is 0 Å². The zero-order valence-electron chi connectivity index (χ0n) is 12.8. The number of hydrogen-bond acceptors (Lipinski definition) is 4. The summed E-state index contributed by atoms with van der Waals surface area (Å²) < 4.78 is 15.7. The van der Waals surface area contributed by atoms with Gasteiger partial charge in [0.25, 0.3) is 0 Å². The maximum atomic E-state index is 13.9. The highest BCUT2D eigenvalue weighted by Gasteiger charge is 2.19. The van der Waals surface area contributed by atoms with Gasteiger partial charge >= 0.3 is 0 Å². The third-order valence-electron chi connectivity index (χ3n) is 3.60. The molecule has 0 aliphatic heterocycles. The van der Waals surface area contributed by atoms with Crippen molar-refractivity contribution in [2.75, 3.05) is 13.1 Å². The van der Waals surface area contributed by atoms with Gasteiger partial charge in [0.15, 0.2) is 0 Å². The molecule has 2 aromatic rings. The van der Waals surface area contributed by atoms with Crippen LogP contribution in [0, 0.1) is 17.1 Å². The Kier molecular flexibility index (Phi) is 5.44. The smallest absolute Gasteiger partial charge is 0.221 e. The lowest BCUT2D eigenvalue weighted by molar-refractivity contribution is -0.120. The molecule has 0 bridgehead atoms. The molecular formula is C16H18FN5O. The average Bonchev–Trinajstić information content (AvgIpc) is 2.94. The standard InChI is InChI=1S/C16H18FN5O/c1-22-10-20-9-15(22)13(8-21-16(23)4-5-18)11-2-3-12(7-19)14(17)6-11/h2-3,6,9-10,13H,4-5,8,18H2,1H3,(H,21,23). The van der Waals surface area contributed by atoms with Gasteiger partial charge < -0.3 is 15.6 Å². The minimum atomic E-state index is -0.578. The van der Waals surface area contributed by atoms with Crippen LogP contribution in [0.15, 0.2) is 30.7 Å². The van der Waals surface area contributed by atoms with E-state index in [0.717, 1.165) is 5.69 Å². The van der Waals surface area contributed by atoms with Crippen LogP contribution in [0.4, 0.5) is 4.39 Å². The Labute approximate surface area is 133 Å². The van der Waals surface area contributed by atoms with E-state index in [1.54, 1.807) is 24.7 Å². The van der Waals surface area contributed by atoms with Crippen LogP contribution in [0.25, 0.3) is 0 Å². The van der Waals surface area contributed by atoms with E-state index < -0.39 is 5.82 Å². The molecule has 1 aromatic carbocycles. The molecule has 1 unspecified atom stereocenters. The second-order valence-corrected chi connectivity index (χ2v) is 5.18. The number of nitriles is 1. The van der Waals surface area contributed by atoms with Crippen molar-refractivity contribution in [2.45, 2.75) is 12.3 Å². The number of benzene rings is 1. The molecule has 0 saturated carbocycles. The first kappa shape index (κ1) is 16.6. The Morgan fingerprint density at radius 1 is 1.57 bits per heavy atom. The van der Waals surface area contributed by atoms with E-state index in [-0.39, 0.29) is 30.4 Å². The van der Waals surface area contributed by atoms with Crippen molar-refractivity contribution in [1.82, 2.24) is 14.9 Å². The number of nitrogens with two attached hydrogens (primary N) is 1. The average molecular weight is 315 g/mol. The third kappa shape index (κ3) is 3.93. The molecule has 0 saturated heterocycles. The van der Waals surface area contributed by atoms with Crippen LogP contribution in [0.3, 0.4) is 0 Å². The number of aryl methyl sites for hydroxylation is 1. The zero-order chi connectivity index (χ0) is 16.8. The Morgan fingerprint density at radius 2 is 2.35 bits per heavy atom. The summed E-state index contributed by atoms with van der Waals surface area (Å²) in [6.07, 6.45) is 3.56. The first-order chi connectivity index (χ1) is 11.1. The van der Waals surface area contributed by atoms with Gasteiger partial charge in [0.1, 0.15) is 11.9 Å². The Balaban J connectivity index is 2.30. The van der Waals surface area contributed by atoms with E-state index in [1.807, 2.05) is 11.6 Å². The summed E-state index contributed by atoms with van der Waals surface area (Å²) in [4.78, 5) is 15.7. The molecule has 0 aliphatic carbocycles. The van der Waals surface area contributed by atoms with Crippen LogP contribution in [0.2, 0.25) is 0 Å². The van der Waals surface area contributed by atoms with Gasteiger partial charge in [-0.15, -0.1) is 0 Å². The van der Waals surface area contributed by atoms with Gasteiger partial charge in [-0.25, -0.2) is 9.37 Å². The third-order valence-corrected chi connectivity index (χ3v) is 3.60. The summed E-state index contributed by atoms with van der Waals surface area (Å²) in [5.74, 6) is -1.01. The van der Waals surface area contributed by atoms with Crippen molar-refractivity contribution in [3.63, 3.8) is 0 Å². The summed E-state index contributed by atoms with van der Waals surface area (Å²) in [6, 6.07) is 6.25. The van der Waals surface area contributed by atoms with E-state index in [4.69, 9.17) is 11.0 Å². The quantitative estimate of drug-likeness (QED) is 0.832. The molecule has 3 N–H and O–H groups in total. The van der Waals surface area contributed by atoms with Crippen molar-refractivity contribution < 1.29 is 9.18 Å². The maximum Gasteiger partial charge on any atom is 0.221 e. The highest BCUT2D eigenvalue weighted by molar-refractivity contribution is 5.76. The highest BCUT2D eigenvalue weighted by atomic mass is 19.1. The summed E-state index contributed by atoms with van der Waals surface area (Å²) in [6.45, 7) is 0.567. The number of imidazole rings is 1. The fourth-order valence-electron chi connectivity index (χ4n) is 2.37. The molecule has 0 aliphatic rings. The number of rotatable bonds is 6. The summed E-state index contributed by atoms with van der Waals surface area (Å²) in [5, 5.41) is 11.6. The first-order valence-corrected chi connectivity index (χ1v) is 7.19. The largest absolute Gasteiger partial charge is 0.355 e. The highest BCUT2D eigenvalue weighted by Crippen LogP contribution is 2.25. The fraction of sp³-hybridized carbons (Fsp3) is 0.312. The lowest BCUT2D eigenvalue weighted by Crippen LogP contribution is -2.30. The summed E-state index contributed by atoms with van der Waals surface area (Å²) in [5.41, 5.74) is 6.85. The second-order valence-electron chi connectivity index (χ2n) is 5.18. The van der Waals surface area contributed by atoms with Gasteiger partial charge in [-0.2, -0.15) is 5.26 Å². The second kappa shape index (κ2) is 7.51. The molecule has 1 aromatic heterocycles. The lowest BCUT2D eigenvalue weighted by atomic mass is 9.94. The Hall–Kier alpha value is -2.72. The monoisotopic (exact) mass is 315 g/mol. The normalized spacial score (nSPS) is 11.7. The number of amides is 1. The fourth-order valence-corrected chi connectivity index (χ4v) is 2.37. The van der Waals surface area contributed by atoms with Crippen molar-refractivity contribution in [2.24, 2.45) is 12.8 Å². The molecule has 7 heteroatoms. The Morgan fingerprint density at radius 3 is 2.91 bits per heavy atom. The van der Waals surface area contributed by atoms with Gasteiger partial charge in [0, 0.05) is 44.4 Å². The number of hydrogen-bond donors (Lipinski definition) is 2. The minimum Gasteiger partial charge on any atom is -0.355 e. The SMILES string of the molecule is Cn1cncc1C(CNC(=O)CCN)c1ccc(C#N)c(F)c1. The van der Waals surface area contributed by atoms with Crippen LogP contribution in [-0.4, -0.2) is 28.5 Å². The Bertz CT molecular complexity index is 734. The number of nitrogens with zero attached hydrogens (tertiary/aromatic N) is 3. The van der Waals surface area contributed by atoms with E-state index in [0.29, 0.717) is 12.1 Å². The van der Waals surface area contributed by atoms with Gasteiger partial charge in [-0.3, -0.25) is 4.79 Å². The molecule has 1 amide bonds. The van der Waals surface area contributed by atoms with E-state index in [9.17, 15) is 9.18 Å². The molecule has 1 atom stereocenters. The van der Waals surface area contributed by atoms with Gasteiger partial charge in [0.2, 0.25) is 5.91 Å². The van der Waals surface area contributed by atoms with Crippen LogP contribution in [-0.2, 0) is 11.8 Å². The van der Waals surface area contributed by atoms with Gasteiger partial charge in [0.05, 0.1) is 11.9 Å². The van der Waals surface area contributed by atoms with Crippen molar-refractivity contribution in [3.8, 4) is 6.07 Å². The van der Waals surface area contributed by atoms with E-state index in [1.165, 1.54) is 12.1 Å². The number of carbonyl (C=O) groups excluding carboxylic acids is 1. The van der Waals surface area contributed by atoms with E-state index in [2.05, 4.69) is 10.3 Å². The van der Waals surface area contributed by atoms with Crippen molar-refractivity contribution >= 4 is 5.91 Å². The zero-order valence-corrected chi connectivity index (χ0v) is 12.8. The molecule has 1 heterocycles. The molecule has 23 heavy (non-hydrogen) atoms. The number of carbonyl (C=O) groups is 1. The number of nitrogens with one attached hydrogen (secondary N) is 1. The topological polar surface area (TPSA) is 96.7 Å². The van der Waals surface area contributed by atoms with Gasteiger partial charge in [-0.05, 0) is 17.7 Å². The number of halogens is 1. The number of aromatic nitrogens is 2. The molecule has 0 radical (unpaired) electrons. The van der Waals surface area contributed by atoms with E-state index >= 15 is 0 Å². The molecule has 6 nitrogen and oxygen atoms in total. The van der Waals surface area contributed by atoms with Crippen LogP contribution < -0.4 is 11.1 Å². The van der Waals surface area contributed by atoms with Crippen molar-refractivity contribution in [1.29, 1.82) is 5.26 Å². The maximum absolute atomic E-state index is 13.9. The summed E-state index contributed by atoms with van der Waals surface area (Å²) in [7, 11) is 1.83. The van der Waals surface area contributed by atoms with Crippen LogP contribution in [0.5, 0.6) is 0 Å². The van der Waals surface area contributed by atoms with Gasteiger partial charge in [-0.1, -0.05) is 6.07 Å². The minimum absolute atomic E-state index is 0.00956. The first-order valence-electron chi connectivity index (χ1n) is 7.19. The summed E-state index contributed by atoms with van der Waals surface area (Å²) >= 11 is 0. The van der Waals surface area contributed by atoms with Crippen LogP contribution in [0.1, 0.15) is 29.2 Å². The molecule has 0 fully saturated rings. The lowest BCUT2D eigenvalue weighted by Gasteiger charge is -2.19.